The van der Waals surface area contributed by atoms with Crippen LogP contribution in [0.4, 0.5) is 5.69 Å². The molecule has 0 atom stereocenters. The normalized spacial score (nSPS) is 10.4. The first kappa shape index (κ1) is 18.7. The number of aliphatic hydroxyl groups excluding tert-OH is 1. The Morgan fingerprint density at radius 1 is 1.30 bits per heavy atom. The van der Waals surface area contributed by atoms with Crippen molar-refractivity contribution in [2.75, 3.05) is 0 Å². The van der Waals surface area contributed by atoms with Crippen molar-refractivity contribution >= 4 is 17.4 Å². The van der Waals surface area contributed by atoms with Crippen molar-refractivity contribution in [1.29, 1.82) is 5.26 Å². The number of imidazole rings is 1. The molecule has 3 rings (SSSR count). The smallest absolute Gasteiger partial charge is 0.189 e. The summed E-state index contributed by atoms with van der Waals surface area (Å²) >= 11 is 1.46. The van der Waals surface area contributed by atoms with Crippen molar-refractivity contribution in [3.63, 3.8) is 0 Å². The van der Waals surface area contributed by atoms with Crippen LogP contribution in [-0.4, -0.2) is 19.6 Å². The highest BCUT2D eigenvalue weighted by molar-refractivity contribution is 7.99. The number of aromatic nitrogens is 3. The fourth-order valence-electron chi connectivity index (χ4n) is 2.72. The van der Waals surface area contributed by atoms with Gasteiger partial charge in [-0.1, -0.05) is 18.7 Å². The third-order valence-corrected chi connectivity index (χ3v) is 5.12. The van der Waals surface area contributed by atoms with Gasteiger partial charge in [0.1, 0.15) is 17.5 Å². The highest BCUT2D eigenvalue weighted by Crippen LogP contribution is 2.35. The van der Waals surface area contributed by atoms with Gasteiger partial charge in [0, 0.05) is 22.9 Å². The van der Waals surface area contributed by atoms with Crippen LogP contribution in [-0.2, 0) is 19.6 Å². The Hall–Kier alpha value is -3.13. The van der Waals surface area contributed by atoms with Crippen LogP contribution in [0.25, 0.3) is 4.85 Å². The SMILES string of the molecule is [C-]#[N+]c1cc(C#N)cc(Sc2c(CC)nc(CO)n2Cc2ccncc2)c1. The van der Waals surface area contributed by atoms with Gasteiger partial charge in [0.15, 0.2) is 5.69 Å². The van der Waals surface area contributed by atoms with Crippen molar-refractivity contribution < 1.29 is 5.11 Å². The lowest BCUT2D eigenvalue weighted by Gasteiger charge is -2.12. The Morgan fingerprint density at radius 3 is 2.70 bits per heavy atom. The maximum Gasteiger partial charge on any atom is 0.189 e. The summed E-state index contributed by atoms with van der Waals surface area (Å²) in [4.78, 5) is 12.9. The van der Waals surface area contributed by atoms with Crippen molar-refractivity contribution in [1.82, 2.24) is 14.5 Å². The van der Waals surface area contributed by atoms with Gasteiger partial charge in [-0.25, -0.2) is 9.83 Å². The molecule has 7 heteroatoms. The highest BCUT2D eigenvalue weighted by atomic mass is 32.2. The number of rotatable bonds is 6. The summed E-state index contributed by atoms with van der Waals surface area (Å²) in [7, 11) is 0. The second-order valence-corrected chi connectivity index (χ2v) is 6.84. The molecule has 0 radical (unpaired) electrons. The maximum absolute atomic E-state index is 9.77. The molecule has 2 aromatic heterocycles. The van der Waals surface area contributed by atoms with E-state index >= 15 is 0 Å². The molecular formula is C20H17N5OS. The van der Waals surface area contributed by atoms with E-state index in [9.17, 15) is 10.4 Å². The molecule has 0 aliphatic rings. The number of aliphatic hydroxyl groups is 1. The first-order valence-corrected chi connectivity index (χ1v) is 9.18. The van der Waals surface area contributed by atoms with Crippen molar-refractivity contribution in [3.05, 3.63) is 76.8 Å². The Bertz CT molecular complexity index is 999. The van der Waals surface area contributed by atoms with E-state index in [1.165, 1.54) is 11.8 Å². The summed E-state index contributed by atoms with van der Waals surface area (Å²) in [5.74, 6) is 0.591. The minimum Gasteiger partial charge on any atom is -0.388 e. The van der Waals surface area contributed by atoms with E-state index in [1.54, 1.807) is 30.6 Å². The fraction of sp³-hybridized carbons (Fsp3) is 0.200. The lowest BCUT2D eigenvalue weighted by molar-refractivity contribution is 0.265. The average Bonchev–Trinajstić information content (AvgIpc) is 3.04. The third kappa shape index (κ3) is 4.17. The molecule has 0 spiro atoms. The zero-order valence-electron chi connectivity index (χ0n) is 14.8. The van der Waals surface area contributed by atoms with Crippen LogP contribution in [0.1, 0.15) is 29.6 Å². The fourth-order valence-corrected chi connectivity index (χ4v) is 3.90. The number of nitriles is 1. The van der Waals surface area contributed by atoms with E-state index in [1.807, 2.05) is 23.6 Å². The Morgan fingerprint density at radius 2 is 2.07 bits per heavy atom. The van der Waals surface area contributed by atoms with E-state index in [0.717, 1.165) is 21.2 Å². The van der Waals surface area contributed by atoms with Crippen LogP contribution in [0.2, 0.25) is 0 Å². The molecule has 0 bridgehead atoms. The first-order chi connectivity index (χ1) is 13.2. The minimum absolute atomic E-state index is 0.163. The quantitative estimate of drug-likeness (QED) is 0.660. The molecule has 0 saturated carbocycles. The van der Waals surface area contributed by atoms with Crippen molar-refractivity contribution in [3.8, 4) is 6.07 Å². The van der Waals surface area contributed by atoms with Crippen LogP contribution in [0, 0.1) is 17.9 Å². The van der Waals surface area contributed by atoms with E-state index in [0.29, 0.717) is 30.0 Å². The van der Waals surface area contributed by atoms with E-state index in [2.05, 4.69) is 20.9 Å². The minimum atomic E-state index is -0.163. The van der Waals surface area contributed by atoms with Crippen molar-refractivity contribution in [2.24, 2.45) is 0 Å². The largest absolute Gasteiger partial charge is 0.388 e. The summed E-state index contributed by atoms with van der Waals surface area (Å²) in [6, 6.07) is 11.1. The van der Waals surface area contributed by atoms with E-state index in [4.69, 9.17) is 6.57 Å². The second kappa shape index (κ2) is 8.50. The lowest BCUT2D eigenvalue weighted by atomic mass is 10.2. The molecular weight excluding hydrogens is 358 g/mol. The molecule has 3 aromatic rings. The predicted molar refractivity (Wildman–Crippen MR) is 102 cm³/mol. The van der Waals surface area contributed by atoms with Crippen LogP contribution in [0.15, 0.2) is 52.6 Å². The Labute approximate surface area is 162 Å². The third-order valence-electron chi connectivity index (χ3n) is 4.00. The zero-order valence-corrected chi connectivity index (χ0v) is 15.6. The molecule has 0 fully saturated rings. The van der Waals surface area contributed by atoms with Gasteiger partial charge in [-0.15, -0.1) is 0 Å². The monoisotopic (exact) mass is 375 g/mol. The van der Waals surface area contributed by atoms with Gasteiger partial charge in [-0.05, 0) is 42.3 Å². The summed E-state index contributed by atoms with van der Waals surface area (Å²) in [6.45, 7) is 9.65. The zero-order chi connectivity index (χ0) is 19.2. The number of benzene rings is 1. The van der Waals surface area contributed by atoms with Gasteiger partial charge in [0.25, 0.3) is 0 Å². The Balaban J connectivity index is 2.05. The molecule has 27 heavy (non-hydrogen) atoms. The molecule has 0 saturated heterocycles. The molecule has 2 heterocycles. The molecule has 0 unspecified atom stereocenters. The van der Waals surface area contributed by atoms with Crippen LogP contribution < -0.4 is 0 Å². The number of hydrogen-bond acceptors (Lipinski definition) is 5. The van der Waals surface area contributed by atoms with Gasteiger partial charge in [-0.3, -0.25) is 4.98 Å². The highest BCUT2D eigenvalue weighted by Gasteiger charge is 2.18. The van der Waals surface area contributed by atoms with Crippen LogP contribution in [0.3, 0.4) is 0 Å². The van der Waals surface area contributed by atoms with Gasteiger partial charge >= 0.3 is 0 Å². The Kier molecular flexibility index (Phi) is 5.87. The molecule has 6 nitrogen and oxygen atoms in total. The number of nitrogens with zero attached hydrogens (tertiary/aromatic N) is 5. The molecule has 1 aromatic carbocycles. The maximum atomic E-state index is 9.77. The summed E-state index contributed by atoms with van der Waals surface area (Å²) in [5.41, 5.74) is 2.81. The summed E-state index contributed by atoms with van der Waals surface area (Å²) in [5, 5.41) is 19.9. The summed E-state index contributed by atoms with van der Waals surface area (Å²) in [6.07, 6.45) is 4.18. The lowest BCUT2D eigenvalue weighted by Crippen LogP contribution is -2.06. The van der Waals surface area contributed by atoms with Crippen molar-refractivity contribution in [2.45, 2.75) is 36.4 Å². The molecule has 0 aliphatic heterocycles. The van der Waals surface area contributed by atoms with E-state index in [-0.39, 0.29) is 6.61 Å². The molecule has 0 aliphatic carbocycles. The summed E-state index contributed by atoms with van der Waals surface area (Å²) < 4.78 is 1.98. The molecule has 0 amide bonds. The number of hydrogen-bond donors (Lipinski definition) is 1. The van der Waals surface area contributed by atoms with Crippen LogP contribution >= 0.6 is 11.8 Å². The number of pyridine rings is 1. The molecule has 134 valence electrons. The molecule has 1 N–H and O–H groups in total. The topological polar surface area (TPSA) is 79.1 Å². The first-order valence-electron chi connectivity index (χ1n) is 8.37. The second-order valence-electron chi connectivity index (χ2n) is 5.77. The standard InChI is InChI=1S/C20H17N5OS/c1-3-18-20(27-17-9-15(11-21)8-16(10-17)22-2)25(19(13-26)24-18)12-14-4-6-23-7-5-14/h4-10,26H,3,12-13H2,1H3. The average molecular weight is 375 g/mol. The predicted octanol–water partition coefficient (Wildman–Crippen LogP) is 3.95. The van der Waals surface area contributed by atoms with Crippen LogP contribution in [0.5, 0.6) is 0 Å². The van der Waals surface area contributed by atoms with Gasteiger partial charge in [0.05, 0.1) is 24.9 Å². The van der Waals surface area contributed by atoms with Gasteiger partial charge in [0.2, 0.25) is 0 Å². The van der Waals surface area contributed by atoms with E-state index < -0.39 is 0 Å². The van der Waals surface area contributed by atoms with Gasteiger partial charge < -0.3 is 9.67 Å². The van der Waals surface area contributed by atoms with Gasteiger partial charge in [-0.2, -0.15) is 5.26 Å². The number of aryl methyl sites for hydroxylation is 1.